The molecule has 0 saturated heterocycles. The van der Waals surface area contributed by atoms with E-state index in [-0.39, 0.29) is 0 Å². The van der Waals surface area contributed by atoms with E-state index in [0.717, 1.165) is 30.6 Å². The molecule has 102 valence electrons. The Morgan fingerprint density at radius 2 is 1.76 bits per heavy atom. The number of rotatable bonds is 6. The summed E-state index contributed by atoms with van der Waals surface area (Å²) in [5.41, 5.74) is 3.04. The minimum Gasteiger partial charge on any atom is -0.382 e. The maximum Gasteiger partial charge on any atom is 0.0543 e. The van der Waals surface area contributed by atoms with E-state index in [0.29, 0.717) is 12.1 Å². The molecule has 4 atom stereocenters. The molecule has 3 nitrogen and oxygen atoms in total. The van der Waals surface area contributed by atoms with Crippen molar-refractivity contribution in [2.45, 2.75) is 65.0 Å². The smallest absolute Gasteiger partial charge is 0.0543 e. The first kappa shape index (κ1) is 14.9. The highest BCUT2D eigenvalue weighted by atomic mass is 16.5. The second kappa shape index (κ2) is 7.34. The summed E-state index contributed by atoms with van der Waals surface area (Å²) in [6, 6.07) is 0.456. The number of ether oxygens (including phenoxy) is 1. The zero-order chi connectivity index (χ0) is 12.8. The predicted molar refractivity (Wildman–Crippen MR) is 72.5 cm³/mol. The summed E-state index contributed by atoms with van der Waals surface area (Å²) >= 11 is 0. The van der Waals surface area contributed by atoms with Crippen molar-refractivity contribution in [3.63, 3.8) is 0 Å². The lowest BCUT2D eigenvalue weighted by Crippen LogP contribution is -2.43. The molecule has 1 aliphatic carbocycles. The first-order valence-corrected chi connectivity index (χ1v) is 7.05. The van der Waals surface area contributed by atoms with Gasteiger partial charge in [-0.25, -0.2) is 0 Å². The van der Waals surface area contributed by atoms with Gasteiger partial charge in [-0.3, -0.25) is 11.3 Å². The maximum atomic E-state index is 5.73. The van der Waals surface area contributed by atoms with Crippen LogP contribution in [0.5, 0.6) is 0 Å². The number of hydrogen-bond acceptors (Lipinski definition) is 3. The Balaban J connectivity index is 2.42. The highest BCUT2D eigenvalue weighted by Crippen LogP contribution is 2.35. The number of methoxy groups -OCH3 is 1. The molecule has 0 aromatic rings. The van der Waals surface area contributed by atoms with E-state index < -0.39 is 0 Å². The van der Waals surface area contributed by atoms with Gasteiger partial charge in [-0.2, -0.15) is 0 Å². The van der Waals surface area contributed by atoms with Crippen LogP contribution in [-0.2, 0) is 4.74 Å². The van der Waals surface area contributed by atoms with E-state index in [9.17, 15) is 0 Å². The normalized spacial score (nSPS) is 33.4. The number of nitrogens with one attached hydrogen (secondary N) is 1. The van der Waals surface area contributed by atoms with Gasteiger partial charge in [0.15, 0.2) is 0 Å². The van der Waals surface area contributed by atoms with Crippen LogP contribution in [0, 0.1) is 17.8 Å². The van der Waals surface area contributed by atoms with Gasteiger partial charge in [0, 0.05) is 13.2 Å². The van der Waals surface area contributed by atoms with Crippen molar-refractivity contribution in [2.24, 2.45) is 23.6 Å². The maximum absolute atomic E-state index is 5.73. The molecule has 17 heavy (non-hydrogen) atoms. The van der Waals surface area contributed by atoms with Gasteiger partial charge < -0.3 is 4.74 Å². The van der Waals surface area contributed by atoms with E-state index in [1.54, 1.807) is 7.11 Å². The van der Waals surface area contributed by atoms with E-state index in [2.05, 4.69) is 26.2 Å². The minimum absolute atomic E-state index is 0.337. The molecular weight excluding hydrogens is 212 g/mol. The van der Waals surface area contributed by atoms with Crippen molar-refractivity contribution < 1.29 is 4.74 Å². The Hall–Kier alpha value is -0.120. The molecule has 0 bridgehead atoms. The average Bonchev–Trinajstić information content (AvgIpc) is 2.28. The van der Waals surface area contributed by atoms with Crippen LogP contribution >= 0.6 is 0 Å². The summed E-state index contributed by atoms with van der Waals surface area (Å²) in [6.45, 7) is 6.86. The first-order valence-electron chi connectivity index (χ1n) is 7.05. The number of nitrogens with two attached hydrogens (primary N) is 1. The monoisotopic (exact) mass is 242 g/mol. The summed E-state index contributed by atoms with van der Waals surface area (Å²) < 4.78 is 5.31. The van der Waals surface area contributed by atoms with Crippen LogP contribution in [0.25, 0.3) is 0 Å². The molecule has 1 rings (SSSR count). The van der Waals surface area contributed by atoms with Crippen LogP contribution in [0.3, 0.4) is 0 Å². The van der Waals surface area contributed by atoms with Gasteiger partial charge in [-0.05, 0) is 56.8 Å². The van der Waals surface area contributed by atoms with Crippen molar-refractivity contribution in [3.05, 3.63) is 0 Å². The van der Waals surface area contributed by atoms with Gasteiger partial charge in [0.25, 0.3) is 0 Å². The third-order valence-corrected chi connectivity index (χ3v) is 4.28. The third-order valence-electron chi connectivity index (χ3n) is 4.28. The van der Waals surface area contributed by atoms with E-state index in [1.165, 1.54) is 19.3 Å². The second-order valence-electron chi connectivity index (χ2n) is 6.07. The van der Waals surface area contributed by atoms with Gasteiger partial charge in [0.05, 0.1) is 6.10 Å². The van der Waals surface area contributed by atoms with Crippen molar-refractivity contribution >= 4 is 0 Å². The van der Waals surface area contributed by atoms with Gasteiger partial charge in [0.2, 0.25) is 0 Å². The molecule has 1 fully saturated rings. The minimum atomic E-state index is 0.337. The molecule has 0 aliphatic heterocycles. The Morgan fingerprint density at radius 1 is 1.18 bits per heavy atom. The fraction of sp³-hybridized carbons (Fsp3) is 1.00. The highest BCUT2D eigenvalue weighted by molar-refractivity contribution is 4.83. The van der Waals surface area contributed by atoms with Crippen LogP contribution in [0.15, 0.2) is 0 Å². The lowest BCUT2D eigenvalue weighted by Gasteiger charge is -2.36. The van der Waals surface area contributed by atoms with Crippen molar-refractivity contribution in [1.82, 2.24) is 5.43 Å². The Kier molecular flexibility index (Phi) is 6.45. The van der Waals surface area contributed by atoms with Gasteiger partial charge >= 0.3 is 0 Å². The molecule has 4 unspecified atom stereocenters. The standard InChI is InChI=1S/C14H30N2O/c1-10-7-11(2)9-13(8-10)14(16-15)6-5-12(3)17-4/h10-14,16H,5-9,15H2,1-4H3. The van der Waals surface area contributed by atoms with Crippen LogP contribution < -0.4 is 11.3 Å². The van der Waals surface area contributed by atoms with Crippen molar-refractivity contribution in [2.75, 3.05) is 7.11 Å². The summed E-state index contributed by atoms with van der Waals surface area (Å²) in [5.74, 6) is 8.16. The van der Waals surface area contributed by atoms with E-state index in [1.807, 2.05) is 0 Å². The van der Waals surface area contributed by atoms with Gasteiger partial charge in [-0.15, -0.1) is 0 Å². The molecular formula is C14H30N2O. The quantitative estimate of drug-likeness (QED) is 0.556. The molecule has 1 saturated carbocycles. The summed E-state index contributed by atoms with van der Waals surface area (Å²) in [6.07, 6.45) is 6.56. The van der Waals surface area contributed by atoms with Crippen LogP contribution in [0.2, 0.25) is 0 Å². The van der Waals surface area contributed by atoms with E-state index >= 15 is 0 Å². The van der Waals surface area contributed by atoms with Crippen LogP contribution in [-0.4, -0.2) is 19.3 Å². The zero-order valence-corrected chi connectivity index (χ0v) is 11.9. The topological polar surface area (TPSA) is 47.3 Å². The van der Waals surface area contributed by atoms with Crippen LogP contribution in [0.1, 0.15) is 52.9 Å². The fourth-order valence-electron chi connectivity index (χ4n) is 3.32. The number of hydrogen-bond donors (Lipinski definition) is 2. The molecule has 0 aromatic heterocycles. The fourth-order valence-corrected chi connectivity index (χ4v) is 3.32. The van der Waals surface area contributed by atoms with E-state index in [4.69, 9.17) is 10.6 Å². The largest absolute Gasteiger partial charge is 0.382 e. The molecule has 0 heterocycles. The molecule has 0 amide bonds. The highest BCUT2D eigenvalue weighted by Gasteiger charge is 2.29. The molecule has 0 aromatic carbocycles. The predicted octanol–water partition coefficient (Wildman–Crippen LogP) is 2.71. The summed E-state index contributed by atoms with van der Waals surface area (Å²) in [7, 11) is 1.78. The summed E-state index contributed by atoms with van der Waals surface area (Å²) in [5, 5.41) is 0. The van der Waals surface area contributed by atoms with Gasteiger partial charge in [0.1, 0.15) is 0 Å². The number of hydrazine groups is 1. The van der Waals surface area contributed by atoms with Crippen LogP contribution in [0.4, 0.5) is 0 Å². The molecule has 1 aliphatic rings. The van der Waals surface area contributed by atoms with Gasteiger partial charge in [-0.1, -0.05) is 13.8 Å². The lowest BCUT2D eigenvalue weighted by atomic mass is 9.73. The van der Waals surface area contributed by atoms with Crippen molar-refractivity contribution in [3.8, 4) is 0 Å². The zero-order valence-electron chi connectivity index (χ0n) is 11.9. The molecule has 3 N–H and O–H groups in total. The Labute approximate surface area is 106 Å². The molecule has 0 radical (unpaired) electrons. The second-order valence-corrected chi connectivity index (χ2v) is 6.07. The molecule has 3 heteroatoms. The lowest BCUT2D eigenvalue weighted by molar-refractivity contribution is 0.0969. The first-order chi connectivity index (χ1) is 8.06. The average molecular weight is 242 g/mol. The summed E-state index contributed by atoms with van der Waals surface area (Å²) in [4.78, 5) is 0. The Bertz CT molecular complexity index is 200. The van der Waals surface area contributed by atoms with Crippen molar-refractivity contribution in [1.29, 1.82) is 0 Å². The Morgan fingerprint density at radius 3 is 2.24 bits per heavy atom. The third kappa shape index (κ3) is 4.94. The SMILES string of the molecule is COC(C)CCC(NN)C1CC(C)CC(C)C1. The molecule has 0 spiro atoms.